The minimum absolute atomic E-state index is 0. The number of carbonyl (C=O) groups is 1. The fourth-order valence-corrected chi connectivity index (χ4v) is 3.28. The maximum absolute atomic E-state index is 12.4. The first kappa shape index (κ1) is 20.0. The van der Waals surface area contributed by atoms with Crippen molar-refractivity contribution in [1.82, 2.24) is 34.9 Å². The Balaban J connectivity index is 0.00000225. The van der Waals surface area contributed by atoms with E-state index in [1.807, 2.05) is 40.7 Å². The van der Waals surface area contributed by atoms with Crippen molar-refractivity contribution in [3.63, 3.8) is 0 Å². The van der Waals surface area contributed by atoms with Crippen molar-refractivity contribution in [2.75, 3.05) is 13.1 Å². The van der Waals surface area contributed by atoms with Crippen molar-refractivity contribution < 1.29 is 4.79 Å². The average Bonchev–Trinajstić information content (AvgIpc) is 3.37. The highest BCUT2D eigenvalue weighted by Crippen LogP contribution is 2.15. The van der Waals surface area contributed by atoms with Gasteiger partial charge in [-0.25, -0.2) is 9.97 Å². The molecule has 1 fully saturated rings. The van der Waals surface area contributed by atoms with E-state index in [0.29, 0.717) is 18.3 Å². The van der Waals surface area contributed by atoms with Crippen LogP contribution in [0.15, 0.2) is 43.0 Å². The first-order chi connectivity index (χ1) is 13.2. The molecule has 1 atom stereocenters. The number of nitrogens with one attached hydrogen (secondary N) is 2. The maximum atomic E-state index is 12.4. The number of carbonyl (C=O) groups excluding carboxylic acids is 1. The van der Waals surface area contributed by atoms with Crippen LogP contribution in [0.25, 0.3) is 5.82 Å². The molecule has 0 saturated carbocycles. The number of hydrogen-bond acceptors (Lipinski definition) is 5. The Hall–Kier alpha value is -2.71. The highest BCUT2D eigenvalue weighted by atomic mass is 35.5. The predicted octanol–water partition coefficient (Wildman–Crippen LogP) is 2.05. The molecular weight excluding hydrogens is 378 g/mol. The van der Waals surface area contributed by atoms with Gasteiger partial charge in [0.05, 0.1) is 6.04 Å². The first-order valence-corrected chi connectivity index (χ1v) is 9.20. The third-order valence-electron chi connectivity index (χ3n) is 4.82. The van der Waals surface area contributed by atoms with Crippen molar-refractivity contribution in [3.8, 4) is 5.82 Å². The van der Waals surface area contributed by atoms with Gasteiger partial charge in [-0.3, -0.25) is 14.0 Å². The Morgan fingerprint density at radius 1 is 1.29 bits per heavy atom. The minimum Gasteiger partial charge on any atom is -0.347 e. The van der Waals surface area contributed by atoms with Crippen LogP contribution in [0.5, 0.6) is 0 Å². The zero-order valence-corrected chi connectivity index (χ0v) is 16.5. The van der Waals surface area contributed by atoms with Gasteiger partial charge in [0.25, 0.3) is 5.91 Å². The Morgan fingerprint density at radius 3 is 2.86 bits per heavy atom. The summed E-state index contributed by atoms with van der Waals surface area (Å²) in [7, 11) is 0. The molecule has 1 amide bonds. The summed E-state index contributed by atoms with van der Waals surface area (Å²) in [6.07, 6.45) is 9.49. The van der Waals surface area contributed by atoms with Crippen LogP contribution in [-0.2, 0) is 6.54 Å². The van der Waals surface area contributed by atoms with Crippen LogP contribution in [0.2, 0.25) is 0 Å². The number of nitrogens with zero attached hydrogens (tertiary/aromatic N) is 5. The minimum atomic E-state index is -0.174. The van der Waals surface area contributed by atoms with E-state index < -0.39 is 0 Å². The number of aromatic nitrogens is 5. The molecule has 0 radical (unpaired) electrons. The Labute approximate surface area is 169 Å². The molecule has 148 valence electrons. The third-order valence-corrected chi connectivity index (χ3v) is 4.82. The molecule has 1 saturated heterocycles. The molecule has 9 heteroatoms. The van der Waals surface area contributed by atoms with Crippen molar-refractivity contribution >= 4 is 18.3 Å². The van der Waals surface area contributed by atoms with E-state index in [1.54, 1.807) is 18.5 Å². The maximum Gasteiger partial charge on any atom is 0.272 e. The molecule has 0 spiro atoms. The molecular formula is C19H24ClN7O. The Morgan fingerprint density at radius 2 is 2.18 bits per heavy atom. The third kappa shape index (κ3) is 4.40. The normalized spacial score (nSPS) is 16.4. The summed E-state index contributed by atoms with van der Waals surface area (Å²) in [6.45, 7) is 4.29. The van der Waals surface area contributed by atoms with E-state index in [0.717, 1.165) is 43.1 Å². The number of amides is 1. The summed E-state index contributed by atoms with van der Waals surface area (Å²) in [4.78, 5) is 21.0. The predicted molar refractivity (Wildman–Crippen MR) is 108 cm³/mol. The second-order valence-electron chi connectivity index (χ2n) is 6.73. The molecule has 0 aliphatic carbocycles. The van der Waals surface area contributed by atoms with Gasteiger partial charge in [0.1, 0.15) is 17.3 Å². The standard InChI is InChI=1S/C19H23N7O.ClH/c1-14-21-8-10-25(14)18-5-4-15(11-22-18)12-23-19(27)17-6-9-26(24-17)16-3-2-7-20-13-16;/h4-6,8-11,16,20H,2-3,7,12-13H2,1H3,(H,23,27);1H. The fraction of sp³-hybridized carbons (Fsp3) is 0.368. The highest BCUT2D eigenvalue weighted by Gasteiger charge is 2.17. The van der Waals surface area contributed by atoms with Crippen molar-refractivity contribution in [2.24, 2.45) is 0 Å². The summed E-state index contributed by atoms with van der Waals surface area (Å²) in [6, 6.07) is 5.96. The van der Waals surface area contributed by atoms with E-state index in [9.17, 15) is 4.79 Å². The molecule has 4 heterocycles. The average molecular weight is 402 g/mol. The zero-order chi connectivity index (χ0) is 18.6. The monoisotopic (exact) mass is 401 g/mol. The number of pyridine rings is 1. The van der Waals surface area contributed by atoms with Gasteiger partial charge < -0.3 is 10.6 Å². The van der Waals surface area contributed by atoms with Crippen LogP contribution in [0.4, 0.5) is 0 Å². The van der Waals surface area contributed by atoms with Gasteiger partial charge in [0, 0.05) is 37.9 Å². The lowest BCUT2D eigenvalue weighted by atomic mass is 10.1. The Bertz CT molecular complexity index is 913. The molecule has 8 nitrogen and oxygen atoms in total. The summed E-state index contributed by atoms with van der Waals surface area (Å²) in [5.74, 6) is 1.51. The second-order valence-corrected chi connectivity index (χ2v) is 6.73. The number of piperidine rings is 1. The second kappa shape index (κ2) is 8.99. The number of halogens is 1. The van der Waals surface area contributed by atoms with Gasteiger partial charge >= 0.3 is 0 Å². The van der Waals surface area contributed by atoms with Crippen LogP contribution in [-0.4, -0.2) is 43.3 Å². The number of hydrogen-bond donors (Lipinski definition) is 2. The van der Waals surface area contributed by atoms with Gasteiger partial charge in [0.15, 0.2) is 0 Å². The van der Waals surface area contributed by atoms with Crippen molar-refractivity contribution in [1.29, 1.82) is 0 Å². The van der Waals surface area contributed by atoms with E-state index >= 15 is 0 Å². The van der Waals surface area contributed by atoms with Gasteiger partial charge in [-0.05, 0) is 44.0 Å². The summed E-state index contributed by atoms with van der Waals surface area (Å²) in [5, 5.41) is 10.7. The van der Waals surface area contributed by atoms with E-state index in [1.165, 1.54) is 0 Å². The summed E-state index contributed by atoms with van der Waals surface area (Å²) >= 11 is 0. The van der Waals surface area contributed by atoms with E-state index in [4.69, 9.17) is 0 Å². The SMILES string of the molecule is Cc1nccn1-c1ccc(CNC(=O)c2ccn(C3CCCNC3)n2)cn1.Cl. The topological polar surface area (TPSA) is 89.7 Å². The molecule has 4 rings (SSSR count). The van der Waals surface area contributed by atoms with Crippen molar-refractivity contribution in [3.05, 3.63) is 60.1 Å². The van der Waals surface area contributed by atoms with Gasteiger partial charge in [-0.1, -0.05) is 6.07 Å². The zero-order valence-electron chi connectivity index (χ0n) is 15.7. The van der Waals surface area contributed by atoms with Crippen LogP contribution >= 0.6 is 12.4 Å². The molecule has 28 heavy (non-hydrogen) atoms. The summed E-state index contributed by atoms with van der Waals surface area (Å²) < 4.78 is 3.81. The summed E-state index contributed by atoms with van der Waals surface area (Å²) in [5.41, 5.74) is 1.37. The largest absolute Gasteiger partial charge is 0.347 e. The first-order valence-electron chi connectivity index (χ1n) is 9.20. The quantitative estimate of drug-likeness (QED) is 0.683. The van der Waals surface area contributed by atoms with Gasteiger partial charge in [-0.15, -0.1) is 12.4 Å². The molecule has 1 unspecified atom stereocenters. The smallest absolute Gasteiger partial charge is 0.272 e. The molecule has 1 aliphatic heterocycles. The van der Waals surface area contributed by atoms with Crippen LogP contribution in [0, 0.1) is 6.92 Å². The fourth-order valence-electron chi connectivity index (χ4n) is 3.28. The molecule has 0 bridgehead atoms. The lowest BCUT2D eigenvalue weighted by Gasteiger charge is -2.22. The lowest BCUT2D eigenvalue weighted by molar-refractivity contribution is 0.0944. The van der Waals surface area contributed by atoms with E-state index in [2.05, 4.69) is 25.7 Å². The van der Waals surface area contributed by atoms with Crippen LogP contribution < -0.4 is 10.6 Å². The van der Waals surface area contributed by atoms with Crippen LogP contribution in [0.3, 0.4) is 0 Å². The molecule has 3 aromatic heterocycles. The molecule has 2 N–H and O–H groups in total. The van der Waals surface area contributed by atoms with Gasteiger partial charge in [0.2, 0.25) is 0 Å². The van der Waals surface area contributed by atoms with E-state index in [-0.39, 0.29) is 18.3 Å². The number of imidazole rings is 1. The van der Waals surface area contributed by atoms with Crippen LogP contribution in [0.1, 0.15) is 40.8 Å². The Kier molecular flexibility index (Phi) is 6.43. The van der Waals surface area contributed by atoms with Gasteiger partial charge in [-0.2, -0.15) is 5.10 Å². The van der Waals surface area contributed by atoms with Crippen molar-refractivity contribution in [2.45, 2.75) is 32.4 Å². The number of rotatable bonds is 5. The molecule has 1 aliphatic rings. The molecule has 3 aromatic rings. The molecule has 0 aromatic carbocycles. The highest BCUT2D eigenvalue weighted by molar-refractivity contribution is 5.92. The lowest BCUT2D eigenvalue weighted by Crippen LogP contribution is -2.32. The number of aryl methyl sites for hydroxylation is 1.